The van der Waals surface area contributed by atoms with E-state index >= 15 is 0 Å². The summed E-state index contributed by atoms with van der Waals surface area (Å²) in [5.41, 5.74) is 0. The second-order valence-electron chi connectivity index (χ2n) is 1.48. The van der Waals surface area contributed by atoms with Gasteiger partial charge in [-0.15, -0.1) is 6.58 Å². The lowest BCUT2D eigenvalue weighted by molar-refractivity contribution is -0.117. The number of amides is 1. The number of carbonyl (C=O) groups excluding carboxylic acids is 1. The molecule has 0 aromatic heterocycles. The minimum absolute atomic E-state index is 0.653. The molecule has 0 unspecified atom stereocenters. The number of hydrogen-bond acceptors (Lipinski definition) is 1. The topological polar surface area (TPSA) is 20.3 Å². The third-order valence-corrected chi connectivity index (χ3v) is 0.919. The fraction of sp³-hybridized carbons (Fsp3) is 0.500. The SMILES string of the molecule is C=CCN(C=O)CC. The quantitative estimate of drug-likeness (QED) is 0.387. The first-order valence-electron chi connectivity index (χ1n) is 2.65. The van der Waals surface area contributed by atoms with Crippen molar-refractivity contribution in [1.29, 1.82) is 0 Å². The van der Waals surface area contributed by atoms with Crippen LogP contribution < -0.4 is 0 Å². The van der Waals surface area contributed by atoms with Crippen LogP contribution in [0, 0.1) is 0 Å². The minimum atomic E-state index is 0.653. The van der Waals surface area contributed by atoms with Crippen molar-refractivity contribution in [3.63, 3.8) is 0 Å². The van der Waals surface area contributed by atoms with Gasteiger partial charge < -0.3 is 4.90 Å². The van der Waals surface area contributed by atoms with E-state index in [-0.39, 0.29) is 0 Å². The van der Waals surface area contributed by atoms with Crippen molar-refractivity contribution in [3.05, 3.63) is 12.7 Å². The average Bonchev–Trinajstić information content (AvgIpc) is 1.83. The molecule has 2 nitrogen and oxygen atoms in total. The zero-order valence-electron chi connectivity index (χ0n) is 5.13. The van der Waals surface area contributed by atoms with E-state index in [1.165, 1.54) is 0 Å². The first kappa shape index (κ1) is 7.21. The standard InChI is InChI=1S/C6H11NO/c1-3-5-7(4-2)6-8/h3,6H,1,4-5H2,2H3. The van der Waals surface area contributed by atoms with Crippen LogP contribution in [-0.4, -0.2) is 24.4 Å². The van der Waals surface area contributed by atoms with E-state index in [4.69, 9.17) is 0 Å². The summed E-state index contributed by atoms with van der Waals surface area (Å²) in [6.07, 6.45) is 2.53. The number of hydrogen-bond donors (Lipinski definition) is 0. The molecule has 8 heavy (non-hydrogen) atoms. The first-order valence-corrected chi connectivity index (χ1v) is 2.65. The third-order valence-electron chi connectivity index (χ3n) is 0.919. The Morgan fingerprint density at radius 2 is 2.38 bits per heavy atom. The highest BCUT2D eigenvalue weighted by atomic mass is 16.1. The number of likely N-dealkylation sites (N-methyl/N-ethyl adjacent to an activating group) is 1. The molecular formula is C6H11NO. The Bertz CT molecular complexity index is 80.6. The van der Waals surface area contributed by atoms with Crippen molar-refractivity contribution >= 4 is 6.41 Å². The number of nitrogens with zero attached hydrogens (tertiary/aromatic N) is 1. The molecule has 0 spiro atoms. The highest BCUT2D eigenvalue weighted by Gasteiger charge is 1.89. The lowest BCUT2D eigenvalue weighted by atomic mass is 10.5. The molecular weight excluding hydrogens is 102 g/mol. The first-order chi connectivity index (χ1) is 3.85. The molecule has 0 saturated heterocycles. The van der Waals surface area contributed by atoms with Crippen LogP contribution in [0.3, 0.4) is 0 Å². The molecule has 0 saturated carbocycles. The predicted molar refractivity (Wildman–Crippen MR) is 33.5 cm³/mol. The summed E-state index contributed by atoms with van der Waals surface area (Å²) in [5.74, 6) is 0. The molecule has 1 amide bonds. The van der Waals surface area contributed by atoms with Gasteiger partial charge in [-0.25, -0.2) is 0 Å². The zero-order valence-corrected chi connectivity index (χ0v) is 5.13. The molecule has 0 radical (unpaired) electrons. The van der Waals surface area contributed by atoms with Crippen LogP contribution in [0.15, 0.2) is 12.7 Å². The number of rotatable bonds is 4. The van der Waals surface area contributed by atoms with Crippen LogP contribution >= 0.6 is 0 Å². The predicted octanol–water partition coefficient (Wildman–Crippen LogP) is 0.651. The van der Waals surface area contributed by atoms with Crippen molar-refractivity contribution in [3.8, 4) is 0 Å². The van der Waals surface area contributed by atoms with Crippen LogP contribution in [0.4, 0.5) is 0 Å². The van der Waals surface area contributed by atoms with Gasteiger partial charge in [0.25, 0.3) is 0 Å². The Morgan fingerprint density at radius 3 is 2.50 bits per heavy atom. The van der Waals surface area contributed by atoms with E-state index in [1.54, 1.807) is 11.0 Å². The normalized spacial score (nSPS) is 8.12. The molecule has 46 valence electrons. The molecule has 0 aliphatic carbocycles. The summed E-state index contributed by atoms with van der Waals surface area (Å²) < 4.78 is 0. The Morgan fingerprint density at radius 1 is 1.75 bits per heavy atom. The van der Waals surface area contributed by atoms with E-state index < -0.39 is 0 Å². The second kappa shape index (κ2) is 4.37. The lowest BCUT2D eigenvalue weighted by Gasteiger charge is -2.09. The molecule has 0 aliphatic heterocycles. The van der Waals surface area contributed by atoms with Gasteiger partial charge in [-0.3, -0.25) is 4.79 Å². The van der Waals surface area contributed by atoms with Crippen LogP contribution in [0.25, 0.3) is 0 Å². The van der Waals surface area contributed by atoms with E-state index in [1.807, 2.05) is 6.92 Å². The molecule has 2 heteroatoms. The van der Waals surface area contributed by atoms with Gasteiger partial charge in [0.15, 0.2) is 0 Å². The molecule has 0 fully saturated rings. The Balaban J connectivity index is 3.35. The maximum atomic E-state index is 10.0. The van der Waals surface area contributed by atoms with Crippen molar-refractivity contribution in [2.24, 2.45) is 0 Å². The van der Waals surface area contributed by atoms with E-state index in [0.29, 0.717) is 6.54 Å². The van der Waals surface area contributed by atoms with E-state index in [9.17, 15) is 4.79 Å². The third kappa shape index (κ3) is 2.39. The van der Waals surface area contributed by atoms with Crippen molar-refractivity contribution in [1.82, 2.24) is 4.90 Å². The summed E-state index contributed by atoms with van der Waals surface area (Å²) in [7, 11) is 0. The summed E-state index contributed by atoms with van der Waals surface area (Å²) >= 11 is 0. The second-order valence-corrected chi connectivity index (χ2v) is 1.48. The van der Waals surface area contributed by atoms with Gasteiger partial charge >= 0.3 is 0 Å². The van der Waals surface area contributed by atoms with Crippen molar-refractivity contribution in [2.45, 2.75) is 6.92 Å². The Kier molecular flexibility index (Phi) is 3.94. The van der Waals surface area contributed by atoms with E-state index in [0.717, 1.165) is 13.0 Å². The smallest absolute Gasteiger partial charge is 0.209 e. The van der Waals surface area contributed by atoms with Crippen molar-refractivity contribution < 1.29 is 4.79 Å². The maximum Gasteiger partial charge on any atom is 0.209 e. The van der Waals surface area contributed by atoms with Gasteiger partial charge in [0, 0.05) is 13.1 Å². The largest absolute Gasteiger partial charge is 0.342 e. The molecule has 0 aromatic carbocycles. The van der Waals surface area contributed by atoms with Crippen molar-refractivity contribution in [2.75, 3.05) is 13.1 Å². The number of carbonyl (C=O) groups is 1. The van der Waals surface area contributed by atoms with Gasteiger partial charge in [0.05, 0.1) is 0 Å². The van der Waals surface area contributed by atoms with Gasteiger partial charge in [-0.05, 0) is 6.92 Å². The average molecular weight is 113 g/mol. The maximum absolute atomic E-state index is 10.0. The van der Waals surface area contributed by atoms with Gasteiger partial charge in [0.1, 0.15) is 0 Å². The monoisotopic (exact) mass is 113 g/mol. The highest BCUT2D eigenvalue weighted by molar-refractivity contribution is 5.47. The van der Waals surface area contributed by atoms with Gasteiger partial charge in [-0.2, -0.15) is 0 Å². The van der Waals surface area contributed by atoms with E-state index in [2.05, 4.69) is 6.58 Å². The van der Waals surface area contributed by atoms with Gasteiger partial charge in [0.2, 0.25) is 6.41 Å². The summed E-state index contributed by atoms with van der Waals surface area (Å²) in [5, 5.41) is 0. The van der Waals surface area contributed by atoms with Crippen LogP contribution in [0.5, 0.6) is 0 Å². The molecule has 0 heterocycles. The fourth-order valence-corrected chi connectivity index (χ4v) is 0.412. The molecule has 0 rings (SSSR count). The minimum Gasteiger partial charge on any atom is -0.342 e. The Labute approximate surface area is 49.8 Å². The molecule has 0 atom stereocenters. The van der Waals surface area contributed by atoms with Crippen LogP contribution in [0.1, 0.15) is 6.92 Å². The molecule has 0 aliphatic rings. The Hall–Kier alpha value is -0.790. The fourth-order valence-electron chi connectivity index (χ4n) is 0.412. The summed E-state index contributed by atoms with van der Waals surface area (Å²) in [6.45, 7) is 6.84. The van der Waals surface area contributed by atoms with Crippen LogP contribution in [-0.2, 0) is 4.79 Å². The summed E-state index contributed by atoms with van der Waals surface area (Å²) in [4.78, 5) is 11.6. The van der Waals surface area contributed by atoms with Crippen LogP contribution in [0.2, 0.25) is 0 Å². The molecule has 0 aromatic rings. The molecule has 0 N–H and O–H groups in total. The molecule has 0 bridgehead atoms. The zero-order chi connectivity index (χ0) is 6.41. The summed E-state index contributed by atoms with van der Waals surface area (Å²) in [6, 6.07) is 0. The highest BCUT2D eigenvalue weighted by Crippen LogP contribution is 1.78. The lowest BCUT2D eigenvalue weighted by Crippen LogP contribution is -2.20. The van der Waals surface area contributed by atoms with Gasteiger partial charge in [-0.1, -0.05) is 6.08 Å².